The van der Waals surface area contributed by atoms with E-state index in [4.69, 9.17) is 0 Å². The van der Waals surface area contributed by atoms with Crippen LogP contribution in [0.15, 0.2) is 237 Å². The number of aromatic nitrogens is 1. The van der Waals surface area contributed by atoms with Crippen LogP contribution in [0.3, 0.4) is 0 Å². The van der Waals surface area contributed by atoms with Crippen LogP contribution in [0.2, 0.25) is 0 Å². The lowest BCUT2D eigenvalue weighted by Crippen LogP contribution is -2.16. The highest BCUT2D eigenvalue weighted by molar-refractivity contribution is 6.11. The molecule has 1 heterocycles. The van der Waals surface area contributed by atoms with E-state index in [-0.39, 0.29) is 5.41 Å². The van der Waals surface area contributed by atoms with Crippen molar-refractivity contribution in [3.63, 3.8) is 0 Å². The van der Waals surface area contributed by atoms with Crippen LogP contribution in [-0.2, 0) is 5.41 Å². The number of hydrogen-bond donors (Lipinski definition) is 0. The molecule has 0 amide bonds. The van der Waals surface area contributed by atoms with Crippen molar-refractivity contribution in [2.24, 2.45) is 0 Å². The molecular formula is C62H48N2. The van der Waals surface area contributed by atoms with Gasteiger partial charge in [0.05, 0.1) is 22.4 Å². The van der Waals surface area contributed by atoms with Crippen molar-refractivity contribution in [2.45, 2.75) is 26.2 Å². The van der Waals surface area contributed by atoms with Gasteiger partial charge in [-0.25, -0.2) is 0 Å². The van der Waals surface area contributed by atoms with Crippen molar-refractivity contribution in [1.29, 1.82) is 0 Å². The second-order valence-electron chi connectivity index (χ2n) is 17.7. The minimum absolute atomic E-state index is 0.0795. The topological polar surface area (TPSA) is 8.17 Å². The van der Waals surface area contributed by atoms with Crippen molar-refractivity contribution < 1.29 is 0 Å². The number of para-hydroxylation sites is 3. The van der Waals surface area contributed by atoms with Gasteiger partial charge in [-0.2, -0.15) is 0 Å². The number of benzene rings is 10. The quantitative estimate of drug-likeness (QED) is 0.148. The van der Waals surface area contributed by atoms with Gasteiger partial charge in [-0.15, -0.1) is 0 Å². The first-order valence-corrected chi connectivity index (χ1v) is 22.3. The first kappa shape index (κ1) is 38.9. The maximum absolute atomic E-state index is 2.51. The molecule has 0 radical (unpaired) electrons. The van der Waals surface area contributed by atoms with Gasteiger partial charge >= 0.3 is 0 Å². The molecule has 0 saturated heterocycles. The average Bonchev–Trinajstić information content (AvgIpc) is 3.68. The summed E-state index contributed by atoms with van der Waals surface area (Å²) in [5, 5.41) is 4.95. The molecular weight excluding hydrogens is 773 g/mol. The van der Waals surface area contributed by atoms with E-state index >= 15 is 0 Å². The summed E-state index contributed by atoms with van der Waals surface area (Å²) >= 11 is 0. The van der Waals surface area contributed by atoms with Crippen LogP contribution in [-0.4, -0.2) is 4.57 Å². The fourth-order valence-electron chi connectivity index (χ4n) is 9.60. The molecule has 2 nitrogen and oxygen atoms in total. The normalized spacial score (nSPS) is 11.7. The molecule has 0 aliphatic heterocycles. The molecule has 11 aromatic rings. The van der Waals surface area contributed by atoms with Gasteiger partial charge in [0.2, 0.25) is 0 Å². The zero-order valence-electron chi connectivity index (χ0n) is 36.4. The summed E-state index contributed by atoms with van der Waals surface area (Å²) in [5.74, 6) is 0. The third-order valence-corrected chi connectivity index (χ3v) is 12.7. The Hall–Kier alpha value is -7.94. The highest BCUT2D eigenvalue weighted by Gasteiger charge is 2.25. The van der Waals surface area contributed by atoms with E-state index in [2.05, 4.69) is 267 Å². The van der Waals surface area contributed by atoms with Crippen molar-refractivity contribution in [3.05, 3.63) is 242 Å². The first-order chi connectivity index (χ1) is 31.4. The molecule has 0 aliphatic carbocycles. The molecule has 10 aromatic carbocycles. The Morgan fingerprint density at radius 3 is 1.69 bits per heavy atom. The van der Waals surface area contributed by atoms with E-state index in [0.717, 1.165) is 39.4 Å². The number of nitrogens with zero attached hydrogens (tertiary/aromatic N) is 2. The maximum atomic E-state index is 2.51. The van der Waals surface area contributed by atoms with Crippen LogP contribution in [0.5, 0.6) is 0 Å². The van der Waals surface area contributed by atoms with Gasteiger partial charge < -0.3 is 9.47 Å². The Morgan fingerprint density at radius 1 is 0.359 bits per heavy atom. The fraction of sp³-hybridized carbons (Fsp3) is 0.0645. The first-order valence-electron chi connectivity index (χ1n) is 22.3. The molecule has 0 saturated carbocycles. The van der Waals surface area contributed by atoms with Crippen molar-refractivity contribution in [3.8, 4) is 50.2 Å². The van der Waals surface area contributed by atoms with Crippen LogP contribution < -0.4 is 4.90 Å². The van der Waals surface area contributed by atoms with Crippen molar-refractivity contribution in [2.75, 3.05) is 4.90 Å². The molecule has 0 spiro atoms. The predicted octanol–water partition coefficient (Wildman–Crippen LogP) is 17.4. The molecule has 11 rings (SSSR count). The predicted molar refractivity (Wildman–Crippen MR) is 273 cm³/mol. The van der Waals surface area contributed by atoms with Gasteiger partial charge in [0.25, 0.3) is 0 Å². The third kappa shape index (κ3) is 6.94. The average molecular weight is 821 g/mol. The van der Waals surface area contributed by atoms with Crippen molar-refractivity contribution >= 4 is 49.6 Å². The zero-order chi connectivity index (χ0) is 43.2. The fourth-order valence-corrected chi connectivity index (χ4v) is 9.60. The largest absolute Gasteiger partial charge is 0.309 e. The number of hydrogen-bond acceptors (Lipinski definition) is 1. The Kier molecular flexibility index (Phi) is 9.78. The lowest BCUT2D eigenvalue weighted by atomic mass is 9.85. The van der Waals surface area contributed by atoms with E-state index in [1.165, 1.54) is 66.0 Å². The minimum Gasteiger partial charge on any atom is -0.309 e. The Bertz CT molecular complexity index is 3460. The van der Waals surface area contributed by atoms with Gasteiger partial charge in [-0.05, 0) is 104 Å². The van der Waals surface area contributed by atoms with Crippen LogP contribution in [0.25, 0.3) is 82.8 Å². The van der Waals surface area contributed by atoms with Gasteiger partial charge in [0.15, 0.2) is 0 Å². The lowest BCUT2D eigenvalue weighted by Gasteiger charge is -2.32. The van der Waals surface area contributed by atoms with E-state index in [0.29, 0.717) is 0 Å². The third-order valence-electron chi connectivity index (χ3n) is 12.7. The van der Waals surface area contributed by atoms with Gasteiger partial charge in [-0.1, -0.05) is 209 Å². The van der Waals surface area contributed by atoms with Gasteiger partial charge in [0.1, 0.15) is 0 Å². The minimum atomic E-state index is -0.0795. The van der Waals surface area contributed by atoms with Crippen LogP contribution in [0.1, 0.15) is 26.3 Å². The second-order valence-corrected chi connectivity index (χ2v) is 17.7. The molecule has 0 atom stereocenters. The van der Waals surface area contributed by atoms with Gasteiger partial charge in [0, 0.05) is 33.3 Å². The van der Waals surface area contributed by atoms with E-state index in [1.807, 2.05) is 0 Å². The molecule has 306 valence electrons. The second kappa shape index (κ2) is 16.1. The Labute approximate surface area is 376 Å². The molecule has 0 unspecified atom stereocenters. The van der Waals surface area contributed by atoms with Crippen LogP contribution in [0.4, 0.5) is 17.1 Å². The van der Waals surface area contributed by atoms with Crippen LogP contribution in [0, 0.1) is 0 Å². The Morgan fingerprint density at radius 2 is 0.938 bits per heavy atom. The summed E-state index contributed by atoms with van der Waals surface area (Å²) in [4.78, 5) is 2.51. The monoisotopic (exact) mass is 820 g/mol. The molecule has 64 heavy (non-hydrogen) atoms. The SMILES string of the molecule is CC(C)(C)c1ccc(-c2ccccc2)c(N(c2cccc(-c3ccc4c5ccccc5n(-c5ccccc5)c4c3)c2)c2ccccc2-c2cccc3cccc(-c4ccccc4)c23)c1. The highest BCUT2D eigenvalue weighted by atomic mass is 15.1. The summed E-state index contributed by atoms with van der Waals surface area (Å²) in [6, 6.07) is 86.6. The van der Waals surface area contributed by atoms with E-state index in [9.17, 15) is 0 Å². The molecule has 2 heteroatoms. The summed E-state index contributed by atoms with van der Waals surface area (Å²) < 4.78 is 2.40. The molecule has 0 fully saturated rings. The zero-order valence-corrected chi connectivity index (χ0v) is 36.4. The summed E-state index contributed by atoms with van der Waals surface area (Å²) in [6.07, 6.45) is 0. The maximum Gasteiger partial charge on any atom is 0.0547 e. The molecule has 0 bridgehead atoms. The molecule has 1 aromatic heterocycles. The van der Waals surface area contributed by atoms with E-state index < -0.39 is 0 Å². The van der Waals surface area contributed by atoms with Gasteiger partial charge in [-0.3, -0.25) is 0 Å². The Balaban J connectivity index is 1.17. The summed E-state index contributed by atoms with van der Waals surface area (Å²) in [7, 11) is 0. The van der Waals surface area contributed by atoms with Crippen LogP contribution >= 0.6 is 0 Å². The number of anilines is 3. The lowest BCUT2D eigenvalue weighted by molar-refractivity contribution is 0.590. The molecule has 0 N–H and O–H groups in total. The summed E-state index contributed by atoms with van der Waals surface area (Å²) in [5.41, 5.74) is 17.5. The highest BCUT2D eigenvalue weighted by Crippen LogP contribution is 2.49. The number of rotatable bonds is 8. The molecule has 0 aliphatic rings. The van der Waals surface area contributed by atoms with Crippen molar-refractivity contribution in [1.82, 2.24) is 4.57 Å². The number of fused-ring (bicyclic) bond motifs is 4. The smallest absolute Gasteiger partial charge is 0.0547 e. The standard InChI is InChI=1S/C62H48N2/c1-62(2,3)48-37-39-51(43-20-7-4-8-21-43)60(42-48)64(58-35-16-14-31-54(58)56-33-19-25-45-24-18-32-52(61(45)56)44-22-9-5-10-23-44)50-29-17-26-46(40-50)47-36-38-55-53-30-13-15-34-57(53)63(59(55)41-47)49-27-11-6-12-28-49/h4-42H,1-3H3. The van der Waals surface area contributed by atoms with E-state index in [1.54, 1.807) is 0 Å². The summed E-state index contributed by atoms with van der Waals surface area (Å²) in [6.45, 7) is 6.91.